The third-order valence-electron chi connectivity index (χ3n) is 7.47. The van der Waals surface area contributed by atoms with Crippen molar-refractivity contribution >= 4 is 18.0 Å². The number of ether oxygens (including phenoxy) is 1. The summed E-state index contributed by atoms with van der Waals surface area (Å²) in [7, 11) is 0. The van der Waals surface area contributed by atoms with Crippen LogP contribution in [0.5, 0.6) is 0 Å². The smallest absolute Gasteiger partial charge is 0.408 e. The molecule has 2 unspecified atom stereocenters. The second-order valence-electron chi connectivity index (χ2n) is 10.6. The Hall–Kier alpha value is -3.35. The zero-order valence-electron chi connectivity index (χ0n) is 20.8. The van der Waals surface area contributed by atoms with Gasteiger partial charge in [0.25, 0.3) is 0 Å². The van der Waals surface area contributed by atoms with Crippen LogP contribution in [0.3, 0.4) is 0 Å². The highest BCUT2D eigenvalue weighted by molar-refractivity contribution is 5.90. The minimum Gasteiger partial charge on any atom is -0.481 e. The summed E-state index contributed by atoms with van der Waals surface area (Å²) in [5.41, 5.74) is 2.81. The van der Waals surface area contributed by atoms with Gasteiger partial charge in [0, 0.05) is 19.0 Å². The zero-order valence-corrected chi connectivity index (χ0v) is 20.8. The average molecular weight is 479 g/mol. The number of carboxylic acids is 1. The molecule has 1 saturated heterocycles. The summed E-state index contributed by atoms with van der Waals surface area (Å²) in [6.07, 6.45) is 0.445. The van der Waals surface area contributed by atoms with Crippen LogP contribution in [-0.4, -0.2) is 53.2 Å². The number of nitrogens with zero attached hydrogens (tertiary/aromatic N) is 1. The van der Waals surface area contributed by atoms with Crippen molar-refractivity contribution in [2.45, 2.75) is 52.0 Å². The van der Waals surface area contributed by atoms with Gasteiger partial charge in [-0.15, -0.1) is 0 Å². The van der Waals surface area contributed by atoms with E-state index in [1.165, 1.54) is 0 Å². The Bertz CT molecular complexity index is 1100. The van der Waals surface area contributed by atoms with Gasteiger partial charge in [-0.05, 0) is 41.0 Å². The normalized spacial score (nSPS) is 20.0. The van der Waals surface area contributed by atoms with Crippen LogP contribution < -0.4 is 5.32 Å². The topological polar surface area (TPSA) is 95.9 Å². The van der Waals surface area contributed by atoms with Crippen molar-refractivity contribution in [3.8, 4) is 11.1 Å². The summed E-state index contributed by atoms with van der Waals surface area (Å²) in [5, 5.41) is 12.4. The molecular formula is C28H34N2O5. The highest BCUT2D eigenvalue weighted by Gasteiger charge is 2.49. The molecule has 0 bridgehead atoms. The first-order valence-corrected chi connectivity index (χ1v) is 12.2. The molecule has 0 radical (unpaired) electrons. The fourth-order valence-corrected chi connectivity index (χ4v) is 5.63. The van der Waals surface area contributed by atoms with Crippen LogP contribution in [0.4, 0.5) is 4.79 Å². The number of hydrogen-bond acceptors (Lipinski definition) is 4. The minimum atomic E-state index is -1.18. The van der Waals surface area contributed by atoms with E-state index < -0.39 is 28.9 Å². The monoisotopic (exact) mass is 478 g/mol. The minimum absolute atomic E-state index is 0.0722. The molecule has 7 nitrogen and oxygen atoms in total. The fourth-order valence-electron chi connectivity index (χ4n) is 5.63. The standard InChI is InChI=1S/C28H34N2O5/c1-5-14-28(4,25(33)30-15-23(24(31)32)27(2,3)17-30)29-26(34)35-16-22-20-12-8-6-10-18(20)19-11-7-9-13-21(19)22/h6-13,22-23H,5,14-17H2,1-4H3,(H,29,34)(H,31,32). The Labute approximate surface area is 206 Å². The van der Waals surface area contributed by atoms with E-state index in [9.17, 15) is 19.5 Å². The summed E-state index contributed by atoms with van der Waals surface area (Å²) in [5.74, 6) is -1.90. The van der Waals surface area contributed by atoms with Crippen LogP contribution in [0, 0.1) is 11.3 Å². The number of aliphatic carboxylic acids is 1. The summed E-state index contributed by atoms with van der Waals surface area (Å²) in [4.78, 5) is 39.7. The molecule has 2 amide bonds. The van der Waals surface area contributed by atoms with Gasteiger partial charge in [0.05, 0.1) is 5.92 Å². The van der Waals surface area contributed by atoms with Gasteiger partial charge in [-0.3, -0.25) is 9.59 Å². The maximum atomic E-state index is 13.5. The molecular weight excluding hydrogens is 444 g/mol. The van der Waals surface area contributed by atoms with Gasteiger partial charge in [-0.1, -0.05) is 75.7 Å². The number of fused-ring (bicyclic) bond motifs is 3. The molecule has 2 aromatic rings. The van der Waals surface area contributed by atoms with E-state index in [1.807, 2.05) is 45.0 Å². The number of likely N-dealkylation sites (tertiary alicyclic amines) is 1. The number of rotatable bonds is 7. The van der Waals surface area contributed by atoms with E-state index in [4.69, 9.17) is 4.74 Å². The van der Waals surface area contributed by atoms with Crippen molar-refractivity contribution < 1.29 is 24.2 Å². The number of carbonyl (C=O) groups excluding carboxylic acids is 2. The number of nitrogens with one attached hydrogen (secondary N) is 1. The molecule has 4 rings (SSSR count). The van der Waals surface area contributed by atoms with Gasteiger partial charge in [0.2, 0.25) is 5.91 Å². The summed E-state index contributed by atoms with van der Waals surface area (Å²) in [6.45, 7) is 7.97. The first-order chi connectivity index (χ1) is 16.6. The zero-order chi connectivity index (χ0) is 25.4. The quantitative estimate of drug-likeness (QED) is 0.604. The van der Waals surface area contributed by atoms with Gasteiger partial charge in [0.15, 0.2) is 0 Å². The fraction of sp³-hybridized carbons (Fsp3) is 0.464. The van der Waals surface area contributed by atoms with E-state index in [2.05, 4.69) is 29.6 Å². The van der Waals surface area contributed by atoms with Crippen LogP contribution in [0.2, 0.25) is 0 Å². The van der Waals surface area contributed by atoms with E-state index in [1.54, 1.807) is 11.8 Å². The molecule has 1 heterocycles. The lowest BCUT2D eigenvalue weighted by molar-refractivity contribution is -0.144. The predicted molar refractivity (Wildman–Crippen MR) is 133 cm³/mol. The van der Waals surface area contributed by atoms with Crippen molar-refractivity contribution in [1.82, 2.24) is 10.2 Å². The van der Waals surface area contributed by atoms with Crippen molar-refractivity contribution in [2.24, 2.45) is 11.3 Å². The number of hydrogen-bond donors (Lipinski definition) is 2. The first kappa shape index (κ1) is 24.8. The third kappa shape index (κ3) is 4.64. The van der Waals surface area contributed by atoms with Gasteiger partial charge in [-0.2, -0.15) is 0 Å². The molecule has 2 atom stereocenters. The molecule has 0 saturated carbocycles. The molecule has 2 aromatic carbocycles. The Balaban J connectivity index is 1.46. The van der Waals surface area contributed by atoms with Crippen LogP contribution >= 0.6 is 0 Å². The molecule has 2 aliphatic rings. The molecule has 2 N–H and O–H groups in total. The number of benzene rings is 2. The van der Waals surface area contributed by atoms with Gasteiger partial charge in [0.1, 0.15) is 12.1 Å². The van der Waals surface area contributed by atoms with Crippen LogP contribution in [0.1, 0.15) is 57.6 Å². The van der Waals surface area contributed by atoms with Crippen molar-refractivity contribution in [2.75, 3.05) is 19.7 Å². The molecule has 0 aromatic heterocycles. The molecule has 7 heteroatoms. The SMILES string of the molecule is CCCC(C)(NC(=O)OCC1c2ccccc2-c2ccccc21)C(=O)N1CC(C(=O)O)C(C)(C)C1. The van der Waals surface area contributed by atoms with Crippen molar-refractivity contribution in [3.63, 3.8) is 0 Å². The maximum Gasteiger partial charge on any atom is 0.408 e. The average Bonchev–Trinajstić information content (AvgIpc) is 3.31. The third-order valence-corrected chi connectivity index (χ3v) is 7.47. The molecule has 1 aliphatic heterocycles. The van der Waals surface area contributed by atoms with E-state index >= 15 is 0 Å². The number of alkyl carbamates (subject to hydrolysis) is 1. The van der Waals surface area contributed by atoms with Crippen molar-refractivity contribution in [1.29, 1.82) is 0 Å². The summed E-state index contributed by atoms with van der Waals surface area (Å²) < 4.78 is 5.68. The highest BCUT2D eigenvalue weighted by atomic mass is 16.5. The Morgan fingerprint density at radius 3 is 2.17 bits per heavy atom. The molecule has 186 valence electrons. The molecule has 1 fully saturated rings. The lowest BCUT2D eigenvalue weighted by Gasteiger charge is -2.33. The predicted octanol–water partition coefficient (Wildman–Crippen LogP) is 4.65. The van der Waals surface area contributed by atoms with Gasteiger partial charge < -0.3 is 20.1 Å². The maximum absolute atomic E-state index is 13.5. The van der Waals surface area contributed by atoms with Crippen molar-refractivity contribution in [3.05, 3.63) is 59.7 Å². The number of amides is 2. The number of carboxylic acid groups (broad SMARTS) is 1. The summed E-state index contributed by atoms with van der Waals surface area (Å²) in [6, 6.07) is 16.2. The van der Waals surface area contributed by atoms with E-state index in [-0.39, 0.29) is 25.0 Å². The molecule has 0 spiro atoms. The highest BCUT2D eigenvalue weighted by Crippen LogP contribution is 2.44. The lowest BCUT2D eigenvalue weighted by atomic mass is 9.82. The van der Waals surface area contributed by atoms with Gasteiger partial charge >= 0.3 is 12.1 Å². The largest absolute Gasteiger partial charge is 0.481 e. The van der Waals surface area contributed by atoms with E-state index in [0.29, 0.717) is 19.4 Å². The Morgan fingerprint density at radius 2 is 1.66 bits per heavy atom. The first-order valence-electron chi connectivity index (χ1n) is 12.2. The van der Waals surface area contributed by atoms with Crippen LogP contribution in [0.25, 0.3) is 11.1 Å². The van der Waals surface area contributed by atoms with Crippen LogP contribution in [0.15, 0.2) is 48.5 Å². The summed E-state index contributed by atoms with van der Waals surface area (Å²) >= 11 is 0. The second kappa shape index (κ2) is 9.36. The number of carbonyl (C=O) groups is 3. The molecule has 35 heavy (non-hydrogen) atoms. The Morgan fingerprint density at radius 1 is 1.09 bits per heavy atom. The molecule has 1 aliphatic carbocycles. The lowest BCUT2D eigenvalue weighted by Crippen LogP contribution is -2.57. The van der Waals surface area contributed by atoms with Crippen LogP contribution in [-0.2, 0) is 14.3 Å². The van der Waals surface area contributed by atoms with Gasteiger partial charge in [-0.25, -0.2) is 4.79 Å². The Kier molecular flexibility index (Phi) is 6.62. The van der Waals surface area contributed by atoms with E-state index in [0.717, 1.165) is 22.3 Å². The second-order valence-corrected chi connectivity index (χ2v) is 10.6.